The molecular formula is C26H26N4S. The lowest BCUT2D eigenvalue weighted by molar-refractivity contribution is 0.591. The summed E-state index contributed by atoms with van der Waals surface area (Å²) < 4.78 is 6.97. The molecular weight excluding hydrogens is 400 g/mol. The molecule has 6 aromatic rings. The van der Waals surface area contributed by atoms with E-state index in [0.717, 1.165) is 43.9 Å². The fourth-order valence-corrected chi connectivity index (χ4v) is 5.31. The monoisotopic (exact) mass is 426 g/mol. The maximum absolute atomic E-state index is 5.12. The minimum absolute atomic E-state index is 0.0862. The molecule has 0 bridgehead atoms. The van der Waals surface area contributed by atoms with Crippen LogP contribution in [0.1, 0.15) is 52.7 Å². The van der Waals surface area contributed by atoms with Crippen molar-refractivity contribution in [3.8, 4) is 0 Å². The van der Waals surface area contributed by atoms with Crippen LogP contribution in [0.25, 0.3) is 54.6 Å². The summed E-state index contributed by atoms with van der Waals surface area (Å²) in [6.07, 6.45) is 0. The van der Waals surface area contributed by atoms with Gasteiger partial charge in [0, 0.05) is 33.3 Å². The number of hydrogen-bond acceptors (Lipinski definition) is 3. The van der Waals surface area contributed by atoms with Gasteiger partial charge in [0.2, 0.25) is 0 Å². The summed E-state index contributed by atoms with van der Waals surface area (Å²) in [5, 5.41) is 4.68. The highest BCUT2D eigenvalue weighted by Crippen LogP contribution is 2.42. The molecule has 6 rings (SSSR count). The molecule has 156 valence electrons. The molecule has 2 N–H and O–H groups in total. The third kappa shape index (κ3) is 2.59. The smallest absolute Gasteiger partial charge is 0.100 e. The van der Waals surface area contributed by atoms with E-state index in [1.807, 2.05) is 0 Å². The van der Waals surface area contributed by atoms with Crippen molar-refractivity contribution in [2.24, 2.45) is 0 Å². The third-order valence-corrected chi connectivity index (χ3v) is 7.10. The van der Waals surface area contributed by atoms with E-state index in [9.17, 15) is 0 Å². The standard InChI is InChI=1S/C26H26N4S/c1-25(2,3)13-7-9-15-17(11-13)27-21-19(15)23-24(30-31-29-23)20-16-10-8-14(26(4,5)6)12-18(16)28-22(20)21/h7-12,29-30H,1-6H3. The quantitative estimate of drug-likeness (QED) is 0.263. The Morgan fingerprint density at radius 1 is 0.645 bits per heavy atom. The van der Waals surface area contributed by atoms with Crippen LogP contribution in [-0.4, -0.2) is 18.7 Å². The van der Waals surface area contributed by atoms with Gasteiger partial charge in [-0.2, -0.15) is 0 Å². The number of H-pyrrole nitrogens is 2. The summed E-state index contributed by atoms with van der Waals surface area (Å²) in [6, 6.07) is 13.4. The third-order valence-electron chi connectivity index (χ3n) is 6.48. The Balaban J connectivity index is 1.79. The Labute approximate surface area is 185 Å². The highest BCUT2D eigenvalue weighted by Gasteiger charge is 2.23. The zero-order chi connectivity index (χ0) is 21.7. The van der Waals surface area contributed by atoms with E-state index in [-0.39, 0.29) is 10.8 Å². The molecule has 0 fully saturated rings. The number of aromatic nitrogens is 4. The maximum atomic E-state index is 5.12. The number of benzene rings is 3. The predicted octanol–water partition coefficient (Wildman–Crippen LogP) is 7.56. The Morgan fingerprint density at radius 2 is 1.06 bits per heavy atom. The van der Waals surface area contributed by atoms with Crippen LogP contribution in [0.4, 0.5) is 0 Å². The molecule has 0 radical (unpaired) electrons. The molecule has 3 aromatic carbocycles. The number of rotatable bonds is 0. The lowest BCUT2D eigenvalue weighted by Gasteiger charge is -2.18. The minimum atomic E-state index is 0.0862. The molecule has 0 spiro atoms. The normalized spacial score (nSPS) is 13.5. The van der Waals surface area contributed by atoms with Gasteiger partial charge in [0.05, 0.1) is 22.1 Å². The van der Waals surface area contributed by atoms with E-state index in [1.165, 1.54) is 33.6 Å². The van der Waals surface area contributed by atoms with Gasteiger partial charge in [0.15, 0.2) is 0 Å². The van der Waals surface area contributed by atoms with Crippen LogP contribution in [-0.2, 0) is 10.8 Å². The second kappa shape index (κ2) is 5.86. The number of nitrogens with zero attached hydrogens (tertiary/aromatic N) is 2. The SMILES string of the molecule is CC(C)(C)c1ccc2c(c1)nc1c3nc4cc(C(C)(C)C)ccc4c3c3[nH]s[nH]c3c21. The van der Waals surface area contributed by atoms with Gasteiger partial charge in [0.25, 0.3) is 0 Å². The first-order chi connectivity index (χ1) is 14.6. The zero-order valence-electron chi connectivity index (χ0n) is 18.8. The number of aromatic amines is 2. The van der Waals surface area contributed by atoms with E-state index < -0.39 is 0 Å². The molecule has 3 aromatic heterocycles. The predicted molar refractivity (Wildman–Crippen MR) is 134 cm³/mol. The number of hydrogen-bond donors (Lipinski definition) is 2. The Bertz CT molecular complexity index is 1530. The first-order valence-electron chi connectivity index (χ1n) is 10.8. The van der Waals surface area contributed by atoms with Crippen molar-refractivity contribution in [1.29, 1.82) is 0 Å². The van der Waals surface area contributed by atoms with E-state index in [4.69, 9.17) is 9.97 Å². The van der Waals surface area contributed by atoms with Crippen LogP contribution in [0.5, 0.6) is 0 Å². The lowest BCUT2D eigenvalue weighted by atomic mass is 9.86. The first-order valence-corrected chi connectivity index (χ1v) is 11.6. The van der Waals surface area contributed by atoms with Gasteiger partial charge in [-0.05, 0) is 34.1 Å². The van der Waals surface area contributed by atoms with E-state index in [1.54, 1.807) is 0 Å². The molecule has 3 heterocycles. The first kappa shape index (κ1) is 18.8. The Kier molecular flexibility index (Phi) is 3.56. The average Bonchev–Trinajstić information content (AvgIpc) is 3.39. The van der Waals surface area contributed by atoms with Crippen LogP contribution >= 0.6 is 11.7 Å². The molecule has 0 saturated carbocycles. The second-order valence-corrected chi connectivity index (χ2v) is 11.3. The molecule has 0 aliphatic carbocycles. The van der Waals surface area contributed by atoms with Crippen LogP contribution in [0, 0.1) is 0 Å². The molecule has 5 heteroatoms. The molecule has 4 nitrogen and oxygen atoms in total. The summed E-state index contributed by atoms with van der Waals surface area (Å²) >= 11 is 1.52. The van der Waals surface area contributed by atoms with Crippen molar-refractivity contribution in [1.82, 2.24) is 18.7 Å². The van der Waals surface area contributed by atoms with Crippen LogP contribution in [0.2, 0.25) is 0 Å². The van der Waals surface area contributed by atoms with Crippen molar-refractivity contribution in [3.05, 3.63) is 47.5 Å². The van der Waals surface area contributed by atoms with Gasteiger partial charge in [-0.1, -0.05) is 65.8 Å². The summed E-state index contributed by atoms with van der Waals surface area (Å²) in [6.45, 7) is 13.5. The van der Waals surface area contributed by atoms with Gasteiger partial charge in [-0.25, -0.2) is 9.97 Å². The molecule has 0 unspecified atom stereocenters. The zero-order valence-corrected chi connectivity index (χ0v) is 19.6. The molecule has 0 aliphatic rings. The second-order valence-electron chi connectivity index (χ2n) is 10.7. The van der Waals surface area contributed by atoms with Crippen LogP contribution < -0.4 is 0 Å². The van der Waals surface area contributed by atoms with Gasteiger partial charge >= 0.3 is 0 Å². The highest BCUT2D eigenvalue weighted by molar-refractivity contribution is 7.00. The summed E-state index contributed by atoms with van der Waals surface area (Å²) in [5.74, 6) is 0. The van der Waals surface area contributed by atoms with Gasteiger partial charge in [-0.3, -0.25) is 8.75 Å². The van der Waals surface area contributed by atoms with Crippen molar-refractivity contribution >= 4 is 66.4 Å². The molecule has 0 atom stereocenters. The van der Waals surface area contributed by atoms with Crippen molar-refractivity contribution < 1.29 is 0 Å². The van der Waals surface area contributed by atoms with Gasteiger partial charge < -0.3 is 0 Å². The fourth-order valence-electron chi connectivity index (χ4n) is 4.64. The topological polar surface area (TPSA) is 57.4 Å². The summed E-state index contributed by atoms with van der Waals surface area (Å²) in [4.78, 5) is 10.2. The minimum Gasteiger partial charge on any atom is -0.294 e. The maximum Gasteiger partial charge on any atom is 0.100 e. The van der Waals surface area contributed by atoms with Crippen LogP contribution in [0.15, 0.2) is 36.4 Å². The van der Waals surface area contributed by atoms with Crippen molar-refractivity contribution in [2.75, 3.05) is 0 Å². The molecule has 0 saturated heterocycles. The van der Waals surface area contributed by atoms with Crippen molar-refractivity contribution in [2.45, 2.75) is 52.4 Å². The number of nitrogens with one attached hydrogen (secondary N) is 2. The van der Waals surface area contributed by atoms with Crippen molar-refractivity contribution in [3.63, 3.8) is 0 Å². The fraction of sp³-hybridized carbons (Fsp3) is 0.308. The summed E-state index contributed by atoms with van der Waals surface area (Å²) in [7, 11) is 0. The molecule has 0 aliphatic heterocycles. The Morgan fingerprint density at radius 3 is 1.45 bits per heavy atom. The average molecular weight is 427 g/mol. The number of fused-ring (bicyclic) bond motifs is 10. The largest absolute Gasteiger partial charge is 0.294 e. The van der Waals surface area contributed by atoms with Crippen LogP contribution in [0.3, 0.4) is 0 Å². The van der Waals surface area contributed by atoms with E-state index >= 15 is 0 Å². The van der Waals surface area contributed by atoms with Gasteiger partial charge in [0.1, 0.15) is 11.0 Å². The van der Waals surface area contributed by atoms with E-state index in [0.29, 0.717) is 0 Å². The van der Waals surface area contributed by atoms with E-state index in [2.05, 4.69) is 86.7 Å². The lowest BCUT2D eigenvalue weighted by Crippen LogP contribution is -2.10. The summed E-state index contributed by atoms with van der Waals surface area (Å²) in [5.41, 5.74) is 9.06. The highest BCUT2D eigenvalue weighted by atomic mass is 32.1. The molecule has 0 amide bonds. The van der Waals surface area contributed by atoms with Gasteiger partial charge in [-0.15, -0.1) is 0 Å². The molecule has 31 heavy (non-hydrogen) atoms. The Hall–Kier alpha value is -2.92.